The summed E-state index contributed by atoms with van der Waals surface area (Å²) in [5, 5.41) is 0. The van der Waals surface area contributed by atoms with Crippen molar-refractivity contribution in [3.8, 4) is 11.1 Å². The number of aromatic nitrogens is 3. The Labute approximate surface area is 179 Å². The van der Waals surface area contributed by atoms with Crippen LogP contribution >= 0.6 is 0 Å². The van der Waals surface area contributed by atoms with Crippen molar-refractivity contribution in [2.75, 3.05) is 26.1 Å². The fourth-order valence-electron chi connectivity index (χ4n) is 4.25. The van der Waals surface area contributed by atoms with Gasteiger partial charge in [-0.2, -0.15) is 0 Å². The van der Waals surface area contributed by atoms with Gasteiger partial charge in [0.05, 0.1) is 17.3 Å². The third-order valence-corrected chi connectivity index (χ3v) is 7.71. The molecule has 0 unspecified atom stereocenters. The zero-order chi connectivity index (χ0) is 21.3. The minimum atomic E-state index is -0.975. The topological polar surface area (TPSA) is 58.3 Å². The van der Waals surface area contributed by atoms with Gasteiger partial charge < -0.3 is 18.3 Å². The van der Waals surface area contributed by atoms with E-state index in [-0.39, 0.29) is 5.56 Å². The van der Waals surface area contributed by atoms with Gasteiger partial charge in [0.1, 0.15) is 5.82 Å². The summed E-state index contributed by atoms with van der Waals surface area (Å²) < 4.78 is 15.5. The Balaban J connectivity index is 1.84. The largest absolute Gasteiger partial charge is 0.383 e. The SMILES string of the molecule is CCOC[Si](C)n1c(C2CCOCC2)nc2ccc(-c3cc(C)c(=O)n(C)c3)cc21. The molecule has 0 spiro atoms. The minimum Gasteiger partial charge on any atom is -0.383 e. The molecule has 0 bridgehead atoms. The molecule has 1 radical (unpaired) electrons. The lowest BCUT2D eigenvalue weighted by Crippen LogP contribution is -2.31. The number of fused-ring (bicyclic) bond motifs is 1. The van der Waals surface area contributed by atoms with Gasteiger partial charge in [-0.3, -0.25) is 4.79 Å². The third-order valence-electron chi connectivity index (χ3n) is 5.86. The highest BCUT2D eigenvalue weighted by molar-refractivity contribution is 6.56. The predicted octanol–water partition coefficient (Wildman–Crippen LogP) is 3.65. The average Bonchev–Trinajstić information content (AvgIpc) is 3.15. The quantitative estimate of drug-likeness (QED) is 0.567. The second kappa shape index (κ2) is 8.87. The molecule has 6 nitrogen and oxygen atoms in total. The average molecular weight is 425 g/mol. The number of aryl methyl sites for hydroxylation is 2. The van der Waals surface area contributed by atoms with Crippen LogP contribution in [0.15, 0.2) is 35.3 Å². The summed E-state index contributed by atoms with van der Waals surface area (Å²) in [4.78, 5) is 17.2. The zero-order valence-corrected chi connectivity index (χ0v) is 19.3. The molecule has 2 aromatic heterocycles. The van der Waals surface area contributed by atoms with Gasteiger partial charge in [0.15, 0.2) is 0 Å². The van der Waals surface area contributed by atoms with E-state index < -0.39 is 8.96 Å². The Morgan fingerprint density at radius 3 is 2.70 bits per heavy atom. The first kappa shape index (κ1) is 21.0. The van der Waals surface area contributed by atoms with Gasteiger partial charge in [0.2, 0.25) is 8.96 Å². The molecule has 1 fully saturated rings. The van der Waals surface area contributed by atoms with Crippen LogP contribution in [-0.2, 0) is 16.5 Å². The lowest BCUT2D eigenvalue weighted by atomic mass is 10.00. The maximum atomic E-state index is 12.1. The smallest absolute Gasteiger partial charge is 0.253 e. The molecule has 1 aliphatic rings. The van der Waals surface area contributed by atoms with Gasteiger partial charge in [-0.1, -0.05) is 6.07 Å². The van der Waals surface area contributed by atoms with Crippen LogP contribution in [0.25, 0.3) is 22.2 Å². The Hall–Kier alpha value is -2.22. The maximum Gasteiger partial charge on any atom is 0.253 e. The lowest BCUT2D eigenvalue weighted by Gasteiger charge is -2.24. The normalized spacial score (nSPS) is 15.4. The summed E-state index contributed by atoms with van der Waals surface area (Å²) in [5.74, 6) is 1.61. The van der Waals surface area contributed by atoms with E-state index >= 15 is 0 Å². The molecule has 0 saturated carbocycles. The second-order valence-electron chi connectivity index (χ2n) is 8.10. The van der Waals surface area contributed by atoms with E-state index in [1.54, 1.807) is 11.6 Å². The first-order chi connectivity index (χ1) is 14.5. The van der Waals surface area contributed by atoms with E-state index in [9.17, 15) is 4.79 Å². The first-order valence-electron chi connectivity index (χ1n) is 10.7. The molecule has 7 heteroatoms. The van der Waals surface area contributed by atoms with E-state index in [1.165, 1.54) is 5.82 Å². The fourth-order valence-corrected chi connectivity index (χ4v) is 6.10. The van der Waals surface area contributed by atoms with E-state index in [4.69, 9.17) is 14.5 Å². The summed E-state index contributed by atoms with van der Waals surface area (Å²) in [5.41, 5.74) is 5.14. The maximum absolute atomic E-state index is 12.1. The second-order valence-corrected chi connectivity index (χ2v) is 10.3. The summed E-state index contributed by atoms with van der Waals surface area (Å²) in [6.07, 6.45) is 4.69. The number of benzene rings is 1. The van der Waals surface area contributed by atoms with Crippen molar-refractivity contribution >= 4 is 20.0 Å². The molecule has 0 aliphatic carbocycles. The summed E-state index contributed by atoms with van der Waals surface area (Å²) in [6, 6.07) is 8.42. The zero-order valence-electron chi connectivity index (χ0n) is 18.3. The Bertz CT molecular complexity index is 1070. The highest BCUT2D eigenvalue weighted by Crippen LogP contribution is 2.32. The molecule has 3 aromatic rings. The first-order valence-corrected chi connectivity index (χ1v) is 12.8. The van der Waals surface area contributed by atoms with Gasteiger partial charge in [0, 0.05) is 44.5 Å². The van der Waals surface area contributed by atoms with Gasteiger partial charge in [-0.15, -0.1) is 0 Å². The molecule has 1 aliphatic heterocycles. The predicted molar refractivity (Wildman–Crippen MR) is 121 cm³/mol. The van der Waals surface area contributed by atoms with Crippen LogP contribution in [0.5, 0.6) is 0 Å². The summed E-state index contributed by atoms with van der Waals surface area (Å²) in [6.45, 7) is 8.53. The van der Waals surface area contributed by atoms with Crippen molar-refractivity contribution in [2.45, 2.75) is 39.2 Å². The van der Waals surface area contributed by atoms with Crippen molar-refractivity contribution < 1.29 is 9.47 Å². The number of pyridine rings is 1. The van der Waals surface area contributed by atoms with Gasteiger partial charge in [-0.25, -0.2) is 4.98 Å². The highest BCUT2D eigenvalue weighted by Gasteiger charge is 2.26. The fraction of sp³-hybridized carbons (Fsp3) is 0.478. The lowest BCUT2D eigenvalue weighted by molar-refractivity contribution is 0.0835. The molecular weight excluding hydrogens is 394 g/mol. The monoisotopic (exact) mass is 424 g/mol. The molecule has 0 amide bonds. The van der Waals surface area contributed by atoms with E-state index in [0.29, 0.717) is 5.92 Å². The molecule has 4 rings (SSSR count). The van der Waals surface area contributed by atoms with Crippen molar-refractivity contribution in [1.82, 2.24) is 13.8 Å². The van der Waals surface area contributed by atoms with Gasteiger partial charge in [-0.05, 0) is 62.6 Å². The van der Waals surface area contributed by atoms with Crippen LogP contribution in [0.2, 0.25) is 6.55 Å². The number of hydrogen-bond donors (Lipinski definition) is 0. The van der Waals surface area contributed by atoms with Gasteiger partial charge >= 0.3 is 0 Å². The van der Waals surface area contributed by atoms with Crippen molar-refractivity contribution in [3.63, 3.8) is 0 Å². The van der Waals surface area contributed by atoms with Crippen LogP contribution in [0.3, 0.4) is 0 Å². The Kier molecular flexibility index (Phi) is 6.22. The van der Waals surface area contributed by atoms with Gasteiger partial charge in [0.25, 0.3) is 5.56 Å². The van der Waals surface area contributed by atoms with Crippen LogP contribution in [-0.4, -0.2) is 48.8 Å². The number of imidazole rings is 1. The van der Waals surface area contributed by atoms with Crippen molar-refractivity contribution in [1.29, 1.82) is 0 Å². The third kappa shape index (κ3) is 4.02. The Morgan fingerprint density at radius 1 is 1.23 bits per heavy atom. The van der Waals surface area contributed by atoms with Crippen LogP contribution in [0, 0.1) is 6.92 Å². The molecule has 3 heterocycles. The van der Waals surface area contributed by atoms with E-state index in [2.05, 4.69) is 29.0 Å². The van der Waals surface area contributed by atoms with Crippen molar-refractivity contribution in [2.24, 2.45) is 7.05 Å². The van der Waals surface area contributed by atoms with Crippen LogP contribution < -0.4 is 5.56 Å². The molecule has 30 heavy (non-hydrogen) atoms. The number of ether oxygens (including phenoxy) is 2. The number of nitrogens with zero attached hydrogens (tertiary/aromatic N) is 3. The van der Waals surface area contributed by atoms with E-state index in [1.807, 2.05) is 26.1 Å². The summed E-state index contributed by atoms with van der Waals surface area (Å²) >= 11 is 0. The standard InChI is InChI=1S/C23H30N3O3Si/c1-5-28-15-30(4)26-21-13-18(19-12-16(2)23(27)25(3)14-19)6-7-20(21)24-22(26)17-8-10-29-11-9-17/h6-7,12-14,17H,5,8-11,15H2,1-4H3. The molecule has 1 saturated heterocycles. The summed E-state index contributed by atoms with van der Waals surface area (Å²) in [7, 11) is 0.831. The molecule has 1 aromatic carbocycles. The molecule has 0 N–H and O–H groups in total. The minimum absolute atomic E-state index is 0.0439. The van der Waals surface area contributed by atoms with Crippen LogP contribution in [0.4, 0.5) is 0 Å². The van der Waals surface area contributed by atoms with Crippen LogP contribution in [0.1, 0.15) is 37.1 Å². The highest BCUT2D eigenvalue weighted by atomic mass is 28.3. The Morgan fingerprint density at radius 2 is 2.00 bits per heavy atom. The number of hydrogen-bond acceptors (Lipinski definition) is 4. The molecule has 0 atom stereocenters. The van der Waals surface area contributed by atoms with Crippen molar-refractivity contribution in [3.05, 3.63) is 52.2 Å². The number of rotatable bonds is 6. The van der Waals surface area contributed by atoms with E-state index in [0.717, 1.165) is 66.6 Å². The molecule has 159 valence electrons. The molecular formula is C23H30N3O3Si.